The Morgan fingerprint density at radius 3 is 2.55 bits per heavy atom. The van der Waals surface area contributed by atoms with Crippen molar-refractivity contribution in [2.24, 2.45) is 0 Å². The lowest BCUT2D eigenvalue weighted by atomic mass is 9.86. The molecular formula is C20H22ClN3O4S. The van der Waals surface area contributed by atoms with Gasteiger partial charge in [0.15, 0.2) is 0 Å². The van der Waals surface area contributed by atoms with Crippen LogP contribution in [0.2, 0.25) is 0 Å². The van der Waals surface area contributed by atoms with E-state index in [2.05, 4.69) is 15.0 Å². The minimum atomic E-state index is -3.90. The summed E-state index contributed by atoms with van der Waals surface area (Å²) in [5, 5.41) is 0.608. The lowest BCUT2D eigenvalue weighted by Crippen LogP contribution is -2.13. The van der Waals surface area contributed by atoms with E-state index in [0.29, 0.717) is 28.2 Å². The molecule has 9 heteroatoms. The van der Waals surface area contributed by atoms with Gasteiger partial charge in [0.05, 0.1) is 28.5 Å². The molecule has 0 bridgehead atoms. The first kappa shape index (κ1) is 20.0. The number of hydrogen-bond acceptors (Lipinski definition) is 5. The van der Waals surface area contributed by atoms with Crippen LogP contribution in [0.1, 0.15) is 49.4 Å². The summed E-state index contributed by atoms with van der Waals surface area (Å²) in [5.41, 5.74) is 2.70. The molecule has 2 heterocycles. The summed E-state index contributed by atoms with van der Waals surface area (Å²) in [6.07, 6.45) is 5.71. The topological polar surface area (TPSA) is 105 Å². The third-order valence-electron chi connectivity index (χ3n) is 5.59. The maximum absolute atomic E-state index is 13.0. The Kier molecular flexibility index (Phi) is 5.16. The smallest absolute Gasteiger partial charge is 0.261 e. The Morgan fingerprint density at radius 2 is 1.90 bits per heavy atom. The first-order valence-corrected chi connectivity index (χ1v) is 11.9. The maximum Gasteiger partial charge on any atom is 0.261 e. The van der Waals surface area contributed by atoms with Crippen molar-refractivity contribution in [2.45, 2.75) is 49.8 Å². The van der Waals surface area contributed by atoms with Crippen LogP contribution in [0, 0.1) is 6.92 Å². The van der Waals surface area contributed by atoms with Crippen molar-refractivity contribution in [2.75, 3.05) is 7.11 Å². The molecule has 0 spiro atoms. The van der Waals surface area contributed by atoms with Gasteiger partial charge in [-0.3, -0.25) is 4.79 Å². The highest BCUT2D eigenvalue weighted by atomic mass is 35.7. The lowest BCUT2D eigenvalue weighted by molar-refractivity contribution is 0.415. The average Bonchev–Trinajstić information content (AvgIpc) is 3.04. The largest absolute Gasteiger partial charge is 0.496 e. The second-order valence-electron chi connectivity index (χ2n) is 7.44. The third-order valence-corrected chi connectivity index (χ3v) is 6.94. The number of hydrogen-bond donors (Lipinski definition) is 2. The molecule has 0 aliphatic heterocycles. The second kappa shape index (κ2) is 7.50. The second-order valence-corrected chi connectivity index (χ2v) is 10.0. The number of nitrogens with zero attached hydrogens (tertiary/aromatic N) is 1. The summed E-state index contributed by atoms with van der Waals surface area (Å²) in [4.78, 5) is 23.8. The van der Waals surface area contributed by atoms with Gasteiger partial charge in [-0.15, -0.1) is 0 Å². The Hall–Kier alpha value is -2.32. The van der Waals surface area contributed by atoms with Gasteiger partial charge in [0.25, 0.3) is 14.6 Å². The van der Waals surface area contributed by atoms with Crippen LogP contribution in [0.5, 0.6) is 5.75 Å². The van der Waals surface area contributed by atoms with Crippen molar-refractivity contribution in [1.29, 1.82) is 0 Å². The fourth-order valence-electron chi connectivity index (χ4n) is 4.16. The Bertz CT molecular complexity index is 1240. The zero-order valence-corrected chi connectivity index (χ0v) is 17.8. The van der Waals surface area contributed by atoms with E-state index in [1.165, 1.54) is 44.6 Å². The van der Waals surface area contributed by atoms with E-state index in [1.807, 2.05) is 6.92 Å². The number of methoxy groups -OCH3 is 1. The molecule has 0 radical (unpaired) electrons. The molecule has 7 nitrogen and oxygen atoms in total. The third kappa shape index (κ3) is 3.67. The summed E-state index contributed by atoms with van der Waals surface area (Å²) < 4.78 is 28.5. The van der Waals surface area contributed by atoms with Crippen LogP contribution in [0.25, 0.3) is 22.3 Å². The van der Waals surface area contributed by atoms with E-state index in [-0.39, 0.29) is 16.2 Å². The average molecular weight is 436 g/mol. The molecule has 1 aliphatic rings. The van der Waals surface area contributed by atoms with Crippen LogP contribution in [0.4, 0.5) is 0 Å². The van der Waals surface area contributed by atoms with Crippen LogP contribution in [-0.2, 0) is 9.05 Å². The number of aryl methyl sites for hydroxylation is 1. The van der Waals surface area contributed by atoms with E-state index >= 15 is 0 Å². The van der Waals surface area contributed by atoms with Crippen molar-refractivity contribution in [3.63, 3.8) is 0 Å². The molecule has 2 aromatic heterocycles. The van der Waals surface area contributed by atoms with Gasteiger partial charge in [0.1, 0.15) is 11.6 Å². The Balaban J connectivity index is 1.87. The fourth-order valence-corrected chi connectivity index (χ4v) is 4.93. The van der Waals surface area contributed by atoms with Gasteiger partial charge >= 0.3 is 0 Å². The number of aromatic nitrogens is 3. The van der Waals surface area contributed by atoms with Crippen LogP contribution >= 0.6 is 10.7 Å². The van der Waals surface area contributed by atoms with Gasteiger partial charge in [0.2, 0.25) is 0 Å². The van der Waals surface area contributed by atoms with E-state index in [0.717, 1.165) is 24.2 Å². The highest BCUT2D eigenvalue weighted by molar-refractivity contribution is 8.13. The van der Waals surface area contributed by atoms with Crippen LogP contribution in [0.15, 0.2) is 27.9 Å². The highest BCUT2D eigenvalue weighted by Crippen LogP contribution is 2.36. The normalized spacial score (nSPS) is 15.7. The molecule has 29 heavy (non-hydrogen) atoms. The molecule has 0 saturated heterocycles. The number of nitrogens with one attached hydrogen (secondary N) is 2. The predicted molar refractivity (Wildman–Crippen MR) is 112 cm³/mol. The quantitative estimate of drug-likeness (QED) is 0.597. The molecular weight excluding hydrogens is 414 g/mol. The highest BCUT2D eigenvalue weighted by Gasteiger charge is 2.24. The summed E-state index contributed by atoms with van der Waals surface area (Å²) >= 11 is 0. The van der Waals surface area contributed by atoms with E-state index < -0.39 is 9.05 Å². The van der Waals surface area contributed by atoms with E-state index in [1.54, 1.807) is 0 Å². The molecule has 1 aromatic carbocycles. The molecule has 154 valence electrons. The number of halogens is 1. The standard InChI is InChI=1S/C20H22ClN3O4S/c1-11-17-16(18(22-11)12-6-4-3-5-7-12)20(25)24-19(23-17)14-9-8-13(29(21,26)27)10-15(14)28-2/h8-10,12,22H,3-7H2,1-2H3,(H,23,24,25). The maximum atomic E-state index is 13.0. The van der Waals surface area contributed by atoms with E-state index in [4.69, 9.17) is 15.4 Å². The lowest BCUT2D eigenvalue weighted by Gasteiger charge is -2.20. The molecule has 0 unspecified atom stereocenters. The zero-order valence-electron chi connectivity index (χ0n) is 16.2. The molecule has 1 aliphatic carbocycles. The minimum Gasteiger partial charge on any atom is -0.496 e. The molecule has 1 saturated carbocycles. The van der Waals surface area contributed by atoms with Crippen LogP contribution < -0.4 is 10.3 Å². The zero-order chi connectivity index (χ0) is 20.8. The summed E-state index contributed by atoms with van der Waals surface area (Å²) in [6, 6.07) is 4.21. The van der Waals surface area contributed by atoms with Gasteiger partial charge in [-0.25, -0.2) is 13.4 Å². The summed E-state index contributed by atoms with van der Waals surface area (Å²) in [6.45, 7) is 1.91. The van der Waals surface area contributed by atoms with Gasteiger partial charge in [0, 0.05) is 28.1 Å². The van der Waals surface area contributed by atoms with E-state index in [9.17, 15) is 13.2 Å². The van der Waals surface area contributed by atoms with Crippen LogP contribution in [0.3, 0.4) is 0 Å². The summed E-state index contributed by atoms with van der Waals surface area (Å²) in [7, 11) is 2.95. The van der Waals surface area contributed by atoms with Gasteiger partial charge in [-0.05, 0) is 37.8 Å². The Labute approximate surface area is 172 Å². The molecule has 4 rings (SSSR count). The van der Waals surface area contributed by atoms with Crippen molar-refractivity contribution in [1.82, 2.24) is 15.0 Å². The molecule has 0 amide bonds. The molecule has 0 atom stereocenters. The number of ether oxygens (including phenoxy) is 1. The van der Waals surface area contributed by atoms with Crippen molar-refractivity contribution in [3.8, 4) is 17.1 Å². The number of aromatic amines is 2. The molecule has 1 fully saturated rings. The Morgan fingerprint density at radius 1 is 1.17 bits per heavy atom. The predicted octanol–water partition coefficient (Wildman–Crippen LogP) is 4.21. The van der Waals surface area contributed by atoms with Crippen LogP contribution in [-0.4, -0.2) is 30.5 Å². The van der Waals surface area contributed by atoms with Gasteiger partial charge in [-0.2, -0.15) is 0 Å². The summed E-state index contributed by atoms with van der Waals surface area (Å²) in [5.74, 6) is 0.918. The monoisotopic (exact) mass is 435 g/mol. The van der Waals surface area contributed by atoms with Gasteiger partial charge in [-0.1, -0.05) is 19.3 Å². The number of fused-ring (bicyclic) bond motifs is 1. The van der Waals surface area contributed by atoms with Gasteiger partial charge < -0.3 is 14.7 Å². The number of benzene rings is 1. The van der Waals surface area contributed by atoms with Crippen molar-refractivity contribution in [3.05, 3.63) is 39.9 Å². The fraction of sp³-hybridized carbons (Fsp3) is 0.400. The first-order valence-electron chi connectivity index (χ1n) is 9.55. The SMILES string of the molecule is COc1cc(S(=O)(=O)Cl)ccc1-c1nc2c(C)[nH]c(C3CCCCC3)c2c(=O)[nH]1. The minimum absolute atomic E-state index is 0.0828. The molecule has 2 N–H and O–H groups in total. The van der Waals surface area contributed by atoms with Crippen molar-refractivity contribution < 1.29 is 13.2 Å². The first-order chi connectivity index (χ1) is 13.8. The molecule has 3 aromatic rings. The number of rotatable bonds is 4. The number of H-pyrrole nitrogens is 2. The van der Waals surface area contributed by atoms with Crippen molar-refractivity contribution >= 4 is 30.6 Å².